The third-order valence-electron chi connectivity index (χ3n) is 7.80. The highest BCUT2D eigenvalue weighted by Crippen LogP contribution is 2.43. The Labute approximate surface area is 212 Å². The van der Waals surface area contributed by atoms with Gasteiger partial charge in [-0.3, -0.25) is 0 Å². The van der Waals surface area contributed by atoms with Crippen molar-refractivity contribution in [3.8, 4) is 11.3 Å². The Morgan fingerprint density at radius 2 is 1.74 bits per heavy atom. The van der Waals surface area contributed by atoms with Gasteiger partial charge in [0.25, 0.3) is 0 Å². The van der Waals surface area contributed by atoms with Crippen LogP contribution in [0.1, 0.15) is 67.6 Å². The van der Waals surface area contributed by atoms with Crippen LogP contribution in [0, 0.1) is 19.2 Å². The van der Waals surface area contributed by atoms with E-state index in [1.807, 2.05) is 13.0 Å². The molecule has 0 atom stereocenters. The van der Waals surface area contributed by atoms with Gasteiger partial charge in [-0.25, -0.2) is 4.57 Å². The minimum absolute atomic E-state index is 0.343. The highest BCUT2D eigenvalue weighted by atomic mass is 32.1. The Morgan fingerprint density at radius 3 is 2.50 bits per heavy atom. The van der Waals surface area contributed by atoms with Crippen LogP contribution in [0.25, 0.3) is 42.2 Å². The summed E-state index contributed by atoms with van der Waals surface area (Å²) in [6.45, 7) is 4.53. The summed E-state index contributed by atoms with van der Waals surface area (Å²) in [5.41, 5.74) is 4.94. The van der Waals surface area contributed by atoms with Crippen molar-refractivity contribution in [2.75, 3.05) is 0 Å². The SMILES string of the molecule is [2H]C([2H])([2H])c1ccc(-c2cc3sc4cc5cc(C6([2H])CCC(C)(C)CC6)ccc5cc4c3c[n+]2C)c(C)c1. The zero-order valence-corrected chi connectivity index (χ0v) is 21.3. The first-order valence-corrected chi connectivity index (χ1v) is 13.1. The number of aryl methyl sites for hydroxylation is 3. The van der Waals surface area contributed by atoms with Crippen molar-refractivity contribution in [2.45, 2.75) is 59.2 Å². The van der Waals surface area contributed by atoms with Gasteiger partial charge in [-0.05, 0) is 90.9 Å². The van der Waals surface area contributed by atoms with Crippen LogP contribution in [0.4, 0.5) is 0 Å². The molecule has 1 saturated carbocycles. The van der Waals surface area contributed by atoms with Crippen LogP contribution in [0.5, 0.6) is 0 Å². The molecule has 2 aromatic heterocycles. The number of benzene rings is 3. The maximum atomic E-state index is 9.23. The lowest BCUT2D eigenvalue weighted by Crippen LogP contribution is -2.30. The van der Waals surface area contributed by atoms with Crippen LogP contribution in [0.3, 0.4) is 0 Å². The molecule has 0 N–H and O–H groups in total. The molecule has 2 heterocycles. The summed E-state index contributed by atoms with van der Waals surface area (Å²) >= 11 is 1.80. The predicted molar refractivity (Wildman–Crippen MR) is 148 cm³/mol. The molecule has 2 heteroatoms. The molecule has 0 bridgehead atoms. The summed E-state index contributed by atoms with van der Waals surface area (Å²) in [5, 5.41) is 4.90. The molecule has 0 spiro atoms. The lowest BCUT2D eigenvalue weighted by Gasteiger charge is -2.34. The first-order valence-electron chi connectivity index (χ1n) is 14.2. The second-order valence-electron chi connectivity index (χ2n) is 10.9. The number of nitrogens with zero attached hydrogens (tertiary/aromatic N) is 1. The molecular weight excluding hydrogens is 430 g/mol. The zero-order chi connectivity index (χ0) is 27.0. The second kappa shape index (κ2) is 7.92. The van der Waals surface area contributed by atoms with Crippen LogP contribution in [-0.2, 0) is 7.05 Å². The van der Waals surface area contributed by atoms with Gasteiger partial charge in [-0.1, -0.05) is 49.7 Å². The van der Waals surface area contributed by atoms with E-state index in [9.17, 15) is 1.37 Å². The van der Waals surface area contributed by atoms with Crippen molar-refractivity contribution in [1.82, 2.24) is 0 Å². The first-order chi connectivity index (χ1) is 17.8. The Hall–Kier alpha value is -2.71. The van der Waals surface area contributed by atoms with Crippen molar-refractivity contribution in [3.05, 3.63) is 77.5 Å². The van der Waals surface area contributed by atoms with Crippen LogP contribution < -0.4 is 4.57 Å². The fourth-order valence-electron chi connectivity index (χ4n) is 5.56. The minimum Gasteiger partial charge on any atom is -0.200 e. The Kier molecular flexibility index (Phi) is 4.12. The van der Waals surface area contributed by atoms with Gasteiger partial charge in [-0.2, -0.15) is 0 Å². The molecule has 0 unspecified atom stereocenters. The molecule has 3 aromatic carbocycles. The Morgan fingerprint density at radius 1 is 0.941 bits per heavy atom. The molecule has 0 radical (unpaired) electrons. The fourth-order valence-corrected chi connectivity index (χ4v) is 6.71. The summed E-state index contributed by atoms with van der Waals surface area (Å²) in [6, 6.07) is 18.9. The van der Waals surface area contributed by atoms with E-state index >= 15 is 0 Å². The molecule has 0 aliphatic heterocycles. The molecular formula is C32H34NS+. The number of aromatic nitrogens is 1. The maximum absolute atomic E-state index is 9.23. The molecule has 1 aliphatic carbocycles. The molecule has 1 aliphatic rings. The average Bonchev–Trinajstić information content (AvgIpc) is 3.19. The van der Waals surface area contributed by atoms with Gasteiger partial charge in [0.1, 0.15) is 7.05 Å². The summed E-state index contributed by atoms with van der Waals surface area (Å²) < 4.78 is 37.0. The van der Waals surface area contributed by atoms with Gasteiger partial charge in [0.15, 0.2) is 6.20 Å². The van der Waals surface area contributed by atoms with E-state index in [-0.39, 0.29) is 0 Å². The first kappa shape index (κ1) is 17.7. The minimum atomic E-state index is -2.10. The van der Waals surface area contributed by atoms with Crippen molar-refractivity contribution >= 4 is 42.3 Å². The summed E-state index contributed by atoms with van der Waals surface area (Å²) in [6.07, 6.45) is 6.23. The third kappa shape index (κ3) is 3.73. The Balaban J connectivity index is 1.43. The third-order valence-corrected chi connectivity index (χ3v) is 8.92. The van der Waals surface area contributed by atoms with E-state index in [0.717, 1.165) is 48.1 Å². The number of hydrogen-bond donors (Lipinski definition) is 0. The number of rotatable bonds is 2. The lowest BCUT2D eigenvalue weighted by atomic mass is 9.71. The average molecular weight is 469 g/mol. The second-order valence-corrected chi connectivity index (χ2v) is 11.9. The molecule has 34 heavy (non-hydrogen) atoms. The van der Waals surface area contributed by atoms with Crippen molar-refractivity contribution < 1.29 is 10.1 Å². The fraction of sp³-hybridized carbons (Fsp3) is 0.344. The summed E-state index contributed by atoms with van der Waals surface area (Å²) in [7, 11) is 2.06. The van der Waals surface area contributed by atoms with Gasteiger partial charge in [0, 0.05) is 31.9 Å². The quantitative estimate of drug-likeness (QED) is 0.228. The normalized spacial score (nSPS) is 19.6. The van der Waals surface area contributed by atoms with Crippen molar-refractivity contribution in [2.24, 2.45) is 12.5 Å². The number of fused-ring (bicyclic) bond motifs is 4. The predicted octanol–water partition coefficient (Wildman–Crippen LogP) is 9.00. The van der Waals surface area contributed by atoms with Crippen LogP contribution in [0.15, 0.2) is 60.8 Å². The van der Waals surface area contributed by atoms with Gasteiger partial charge in [0.2, 0.25) is 5.69 Å². The summed E-state index contributed by atoms with van der Waals surface area (Å²) in [5.74, 6) is -0.492. The van der Waals surface area contributed by atoms with Gasteiger partial charge in [-0.15, -0.1) is 11.3 Å². The number of pyridine rings is 1. The van der Waals surface area contributed by atoms with Crippen LogP contribution in [-0.4, -0.2) is 0 Å². The van der Waals surface area contributed by atoms with Gasteiger partial charge >= 0.3 is 0 Å². The largest absolute Gasteiger partial charge is 0.213 e. The Bertz CT molecular complexity index is 1720. The lowest BCUT2D eigenvalue weighted by molar-refractivity contribution is -0.659. The molecule has 6 rings (SSSR count). The van der Waals surface area contributed by atoms with Crippen molar-refractivity contribution in [1.29, 1.82) is 0 Å². The van der Waals surface area contributed by atoms with E-state index in [2.05, 4.69) is 68.1 Å². The van der Waals surface area contributed by atoms with Crippen molar-refractivity contribution in [3.63, 3.8) is 0 Å². The number of thiophene rings is 1. The van der Waals surface area contributed by atoms with Crippen LogP contribution in [0.2, 0.25) is 0 Å². The molecule has 172 valence electrons. The van der Waals surface area contributed by atoms with E-state index in [1.165, 1.54) is 30.9 Å². The molecule has 0 amide bonds. The highest BCUT2D eigenvalue weighted by Gasteiger charge is 2.27. The number of hydrogen-bond acceptors (Lipinski definition) is 1. The van der Waals surface area contributed by atoms with E-state index in [0.29, 0.717) is 11.0 Å². The molecule has 1 fully saturated rings. The van der Waals surface area contributed by atoms with Gasteiger partial charge in [0.05, 0.1) is 5.39 Å². The molecule has 1 nitrogen and oxygen atoms in total. The molecule has 0 saturated heterocycles. The van der Waals surface area contributed by atoms with Gasteiger partial charge < -0.3 is 0 Å². The smallest absolute Gasteiger partial charge is 0.200 e. The topological polar surface area (TPSA) is 3.88 Å². The maximum Gasteiger partial charge on any atom is 0.213 e. The monoisotopic (exact) mass is 468 g/mol. The molecule has 5 aromatic rings. The standard InChI is InChI=1S/C32H34NS/c1-20-6-9-26(21(2)14-20)29-18-31-28(19-33(29)5)27-16-24-8-7-23(15-25(24)17-30(27)34-31)22-10-12-32(3,4)13-11-22/h6-9,14-19,22H,10-13H2,1-5H3/q+1/i1D3,22D. The van der Waals surface area contributed by atoms with E-state index in [4.69, 9.17) is 4.11 Å². The highest BCUT2D eigenvalue weighted by molar-refractivity contribution is 7.25. The van der Waals surface area contributed by atoms with E-state index in [1.54, 1.807) is 23.5 Å². The van der Waals surface area contributed by atoms with Crippen LogP contribution >= 0.6 is 11.3 Å². The van der Waals surface area contributed by atoms with E-state index < -0.39 is 12.7 Å². The zero-order valence-electron chi connectivity index (χ0n) is 24.5. The summed E-state index contributed by atoms with van der Waals surface area (Å²) in [4.78, 5) is 0.